The summed E-state index contributed by atoms with van der Waals surface area (Å²) in [5, 5.41) is 12.5. The molecule has 2 fully saturated rings. The van der Waals surface area contributed by atoms with Gasteiger partial charge in [-0.25, -0.2) is 0 Å². The molecule has 1 saturated carbocycles. The average molecular weight is 237 g/mol. The van der Waals surface area contributed by atoms with Crippen LogP contribution in [0.2, 0.25) is 0 Å². The molecule has 17 heavy (non-hydrogen) atoms. The summed E-state index contributed by atoms with van der Waals surface area (Å²) in [4.78, 5) is 2.44. The Morgan fingerprint density at radius 3 is 2.88 bits per heavy atom. The highest BCUT2D eigenvalue weighted by molar-refractivity contribution is 4.97. The highest BCUT2D eigenvalue weighted by atomic mass is 16.5. The van der Waals surface area contributed by atoms with Crippen LogP contribution in [0.3, 0.4) is 0 Å². The third-order valence-corrected chi connectivity index (χ3v) is 3.67. The van der Waals surface area contributed by atoms with Gasteiger partial charge in [-0.3, -0.25) is 10.2 Å². The normalized spacial score (nSPS) is 26.4. The summed E-state index contributed by atoms with van der Waals surface area (Å²) >= 11 is 0. The van der Waals surface area contributed by atoms with E-state index in [1.807, 2.05) is 0 Å². The van der Waals surface area contributed by atoms with Gasteiger partial charge in [-0.15, -0.1) is 0 Å². The molecule has 2 rings (SSSR count). The van der Waals surface area contributed by atoms with Crippen molar-refractivity contribution < 1.29 is 4.74 Å². The van der Waals surface area contributed by atoms with Crippen molar-refractivity contribution in [3.63, 3.8) is 0 Å². The van der Waals surface area contributed by atoms with Gasteiger partial charge in [0, 0.05) is 24.7 Å². The molecule has 4 nitrogen and oxygen atoms in total. The fourth-order valence-corrected chi connectivity index (χ4v) is 2.31. The molecule has 0 aromatic heterocycles. The lowest BCUT2D eigenvalue weighted by molar-refractivity contribution is -0.0516. The van der Waals surface area contributed by atoms with Crippen molar-refractivity contribution in [2.24, 2.45) is 0 Å². The van der Waals surface area contributed by atoms with Crippen molar-refractivity contribution in [2.75, 3.05) is 26.3 Å². The molecule has 1 aliphatic carbocycles. The van der Waals surface area contributed by atoms with Crippen LogP contribution in [0.5, 0.6) is 0 Å². The van der Waals surface area contributed by atoms with E-state index in [4.69, 9.17) is 10.00 Å². The molecular weight excluding hydrogens is 214 g/mol. The van der Waals surface area contributed by atoms with Crippen molar-refractivity contribution in [3.8, 4) is 6.07 Å². The monoisotopic (exact) mass is 237 g/mol. The van der Waals surface area contributed by atoms with Crippen LogP contribution in [-0.4, -0.2) is 48.8 Å². The highest BCUT2D eigenvalue weighted by Gasteiger charge is 2.31. The zero-order chi connectivity index (χ0) is 12.3. The van der Waals surface area contributed by atoms with Crippen LogP contribution in [0.15, 0.2) is 0 Å². The van der Waals surface area contributed by atoms with Crippen LogP contribution in [0.25, 0.3) is 0 Å². The largest absolute Gasteiger partial charge is 0.378 e. The fourth-order valence-electron chi connectivity index (χ4n) is 2.31. The minimum atomic E-state index is 0.0149. The Kier molecular flexibility index (Phi) is 4.03. The molecule has 1 saturated heterocycles. The fraction of sp³-hybridized carbons (Fsp3) is 0.923. The van der Waals surface area contributed by atoms with Gasteiger partial charge >= 0.3 is 0 Å². The molecule has 0 aromatic carbocycles. The van der Waals surface area contributed by atoms with Crippen molar-refractivity contribution >= 4 is 0 Å². The van der Waals surface area contributed by atoms with E-state index in [2.05, 4.69) is 30.1 Å². The lowest BCUT2D eigenvalue weighted by Crippen LogP contribution is -2.53. The number of morpholine rings is 1. The number of rotatable bonds is 5. The summed E-state index contributed by atoms with van der Waals surface area (Å²) in [6, 6.07) is 2.99. The van der Waals surface area contributed by atoms with Crippen molar-refractivity contribution in [3.05, 3.63) is 0 Å². The van der Waals surface area contributed by atoms with Crippen molar-refractivity contribution in [1.82, 2.24) is 10.2 Å². The first-order valence-electron chi connectivity index (χ1n) is 6.60. The summed E-state index contributed by atoms with van der Waals surface area (Å²) in [5.41, 5.74) is 0.109. The first kappa shape index (κ1) is 12.8. The average Bonchev–Trinajstić information content (AvgIpc) is 3.09. The quantitative estimate of drug-likeness (QED) is 0.779. The summed E-state index contributed by atoms with van der Waals surface area (Å²) < 4.78 is 5.50. The molecule has 1 aliphatic heterocycles. The van der Waals surface area contributed by atoms with Crippen LogP contribution >= 0.6 is 0 Å². The molecule has 96 valence electrons. The van der Waals surface area contributed by atoms with E-state index in [1.165, 1.54) is 12.8 Å². The molecule has 0 aromatic rings. The second-order valence-corrected chi connectivity index (χ2v) is 5.76. The van der Waals surface area contributed by atoms with Crippen LogP contribution in [0, 0.1) is 11.3 Å². The molecule has 4 heteroatoms. The molecule has 0 bridgehead atoms. The number of hydrogen-bond acceptors (Lipinski definition) is 4. The number of ether oxygens (including phenoxy) is 1. The van der Waals surface area contributed by atoms with Gasteiger partial charge in [0.1, 0.15) is 0 Å². The summed E-state index contributed by atoms with van der Waals surface area (Å²) in [7, 11) is 0. The van der Waals surface area contributed by atoms with Crippen LogP contribution in [-0.2, 0) is 4.74 Å². The van der Waals surface area contributed by atoms with E-state index in [9.17, 15) is 0 Å². The van der Waals surface area contributed by atoms with E-state index in [1.54, 1.807) is 0 Å². The zero-order valence-electron chi connectivity index (χ0n) is 10.9. The van der Waals surface area contributed by atoms with E-state index >= 15 is 0 Å². The van der Waals surface area contributed by atoms with Gasteiger partial charge in [0.2, 0.25) is 0 Å². The molecule has 1 heterocycles. The smallest absolute Gasteiger partial charge is 0.0967 e. The van der Waals surface area contributed by atoms with E-state index in [0.717, 1.165) is 32.7 Å². The zero-order valence-corrected chi connectivity index (χ0v) is 10.9. The van der Waals surface area contributed by atoms with E-state index in [-0.39, 0.29) is 11.6 Å². The minimum absolute atomic E-state index is 0.0149. The third kappa shape index (κ3) is 3.67. The highest BCUT2D eigenvalue weighted by Crippen LogP contribution is 2.21. The molecule has 0 spiro atoms. The van der Waals surface area contributed by atoms with Gasteiger partial charge in [-0.2, -0.15) is 5.26 Å². The first-order chi connectivity index (χ1) is 8.12. The molecular formula is C13H23N3O. The summed E-state index contributed by atoms with van der Waals surface area (Å²) in [6.45, 7) is 7.99. The Morgan fingerprint density at radius 1 is 1.53 bits per heavy atom. The number of hydrogen-bond donors (Lipinski definition) is 1. The molecule has 0 amide bonds. The van der Waals surface area contributed by atoms with E-state index in [0.29, 0.717) is 6.04 Å². The Hall–Kier alpha value is -0.630. The molecule has 2 aliphatic rings. The topological polar surface area (TPSA) is 48.3 Å². The lowest BCUT2D eigenvalue weighted by Gasteiger charge is -2.42. The maximum absolute atomic E-state index is 9.11. The maximum Gasteiger partial charge on any atom is 0.0967 e. The van der Waals surface area contributed by atoms with Crippen LogP contribution < -0.4 is 5.32 Å². The molecule has 0 radical (unpaired) electrons. The Morgan fingerprint density at radius 2 is 2.29 bits per heavy atom. The molecule has 1 unspecified atom stereocenters. The van der Waals surface area contributed by atoms with Gasteiger partial charge in [0.05, 0.1) is 25.3 Å². The number of nitrogens with one attached hydrogen (secondary N) is 1. The Bertz CT molecular complexity index is 294. The van der Waals surface area contributed by atoms with Gasteiger partial charge in [0.25, 0.3) is 0 Å². The SMILES string of the molecule is CC1(C)COCCN1CCC(C#N)NC1CC1. The Balaban J connectivity index is 1.77. The van der Waals surface area contributed by atoms with E-state index < -0.39 is 0 Å². The standard InChI is InChI=1S/C13H23N3O/c1-13(2)10-17-8-7-16(13)6-5-12(9-14)15-11-3-4-11/h11-12,15H,3-8,10H2,1-2H3. The first-order valence-corrected chi connectivity index (χ1v) is 6.60. The minimum Gasteiger partial charge on any atom is -0.378 e. The second kappa shape index (κ2) is 5.34. The van der Waals surface area contributed by atoms with Gasteiger partial charge < -0.3 is 4.74 Å². The van der Waals surface area contributed by atoms with Crippen molar-refractivity contribution in [1.29, 1.82) is 5.26 Å². The molecule has 1 N–H and O–H groups in total. The summed E-state index contributed by atoms with van der Waals surface area (Å²) in [5.74, 6) is 0. The van der Waals surface area contributed by atoms with Crippen molar-refractivity contribution in [2.45, 2.75) is 50.7 Å². The number of nitrogens with zero attached hydrogens (tertiary/aromatic N) is 2. The predicted molar refractivity (Wildman–Crippen MR) is 66.6 cm³/mol. The second-order valence-electron chi connectivity index (χ2n) is 5.76. The molecule has 1 atom stereocenters. The van der Waals surface area contributed by atoms with Crippen LogP contribution in [0.1, 0.15) is 33.1 Å². The lowest BCUT2D eigenvalue weighted by atomic mass is 10.0. The maximum atomic E-state index is 9.11. The van der Waals surface area contributed by atoms with Gasteiger partial charge in [0.15, 0.2) is 0 Å². The third-order valence-electron chi connectivity index (χ3n) is 3.67. The summed E-state index contributed by atoms with van der Waals surface area (Å²) in [6.07, 6.45) is 3.39. The number of nitriles is 1. The Labute approximate surface area is 104 Å². The predicted octanol–water partition coefficient (Wildman–Crippen LogP) is 1.13. The van der Waals surface area contributed by atoms with Crippen LogP contribution in [0.4, 0.5) is 0 Å². The van der Waals surface area contributed by atoms with Gasteiger partial charge in [-0.1, -0.05) is 0 Å². The van der Waals surface area contributed by atoms with Gasteiger partial charge in [-0.05, 0) is 33.1 Å².